The van der Waals surface area contributed by atoms with Crippen molar-refractivity contribution in [1.29, 1.82) is 0 Å². The van der Waals surface area contributed by atoms with E-state index in [0.29, 0.717) is 11.3 Å². The van der Waals surface area contributed by atoms with Crippen LogP contribution in [0.1, 0.15) is 11.3 Å². The lowest BCUT2D eigenvalue weighted by Crippen LogP contribution is -2.17. The highest BCUT2D eigenvalue weighted by Gasteiger charge is 2.16. The fourth-order valence-corrected chi connectivity index (χ4v) is 2.17. The van der Waals surface area contributed by atoms with Crippen molar-refractivity contribution in [3.63, 3.8) is 0 Å². The van der Waals surface area contributed by atoms with E-state index in [9.17, 15) is 14.9 Å². The molecule has 0 atom stereocenters. The van der Waals surface area contributed by atoms with Gasteiger partial charge in [-0.1, -0.05) is 6.07 Å². The number of nitro groups is 1. The zero-order valence-corrected chi connectivity index (χ0v) is 12.2. The van der Waals surface area contributed by atoms with Gasteiger partial charge in [0.15, 0.2) is 0 Å². The second-order valence-electron chi connectivity index (χ2n) is 4.84. The molecule has 3 heterocycles. The van der Waals surface area contributed by atoms with Gasteiger partial charge in [-0.15, -0.1) is 0 Å². The number of rotatable bonds is 4. The Morgan fingerprint density at radius 2 is 2.17 bits per heavy atom. The second kappa shape index (κ2) is 5.84. The van der Waals surface area contributed by atoms with Crippen molar-refractivity contribution >= 4 is 11.5 Å². The van der Waals surface area contributed by atoms with Gasteiger partial charge in [-0.2, -0.15) is 0 Å². The van der Waals surface area contributed by atoms with Crippen LogP contribution in [0.25, 0.3) is 5.65 Å². The summed E-state index contributed by atoms with van der Waals surface area (Å²) >= 11 is 0. The van der Waals surface area contributed by atoms with Gasteiger partial charge in [0.25, 0.3) is 5.56 Å². The molecule has 3 rings (SSSR count). The van der Waals surface area contributed by atoms with Crippen molar-refractivity contribution < 1.29 is 9.66 Å². The zero-order valence-electron chi connectivity index (χ0n) is 12.2. The van der Waals surface area contributed by atoms with Crippen LogP contribution in [0.15, 0.2) is 47.5 Å². The summed E-state index contributed by atoms with van der Waals surface area (Å²) < 4.78 is 6.85. The van der Waals surface area contributed by atoms with Crippen LogP contribution >= 0.6 is 0 Å². The van der Waals surface area contributed by atoms with E-state index >= 15 is 0 Å². The van der Waals surface area contributed by atoms with Crippen LogP contribution in [-0.4, -0.2) is 19.3 Å². The monoisotopic (exact) mass is 312 g/mol. The van der Waals surface area contributed by atoms with Gasteiger partial charge in [0.05, 0.1) is 5.69 Å². The molecule has 0 saturated carbocycles. The molecule has 3 aromatic rings. The summed E-state index contributed by atoms with van der Waals surface area (Å²) in [5, 5.41) is 10.9. The first-order valence-corrected chi connectivity index (χ1v) is 6.76. The molecule has 8 heteroatoms. The predicted octanol–water partition coefficient (Wildman–Crippen LogP) is 1.89. The van der Waals surface area contributed by atoms with Gasteiger partial charge in [0, 0.05) is 12.3 Å². The van der Waals surface area contributed by atoms with Crippen LogP contribution < -0.4 is 10.3 Å². The molecule has 0 bridgehead atoms. The van der Waals surface area contributed by atoms with E-state index < -0.39 is 4.92 Å². The third-order valence-corrected chi connectivity index (χ3v) is 3.24. The maximum absolute atomic E-state index is 12.1. The van der Waals surface area contributed by atoms with Crippen LogP contribution in [-0.2, 0) is 6.61 Å². The molecule has 0 aromatic carbocycles. The Hall–Kier alpha value is -3.29. The first kappa shape index (κ1) is 14.6. The fourth-order valence-electron chi connectivity index (χ4n) is 2.17. The van der Waals surface area contributed by atoms with Crippen molar-refractivity contribution in [2.75, 3.05) is 0 Å². The highest BCUT2D eigenvalue weighted by atomic mass is 16.6. The number of nitrogens with zero attached hydrogens (tertiary/aromatic N) is 4. The molecule has 8 nitrogen and oxygen atoms in total. The highest BCUT2D eigenvalue weighted by Crippen LogP contribution is 2.23. The van der Waals surface area contributed by atoms with Crippen LogP contribution in [0.3, 0.4) is 0 Å². The SMILES string of the molecule is Cc1cccn2c(=O)cc(COc3cccnc3[N+](=O)[O-])nc12. The quantitative estimate of drug-likeness (QED) is 0.538. The van der Waals surface area contributed by atoms with Crippen molar-refractivity contribution in [2.24, 2.45) is 0 Å². The number of aromatic nitrogens is 3. The molecule has 0 unspecified atom stereocenters. The molecule has 23 heavy (non-hydrogen) atoms. The lowest BCUT2D eigenvalue weighted by molar-refractivity contribution is -0.390. The number of aryl methyl sites for hydroxylation is 1. The van der Waals surface area contributed by atoms with E-state index in [1.54, 1.807) is 12.3 Å². The normalized spacial score (nSPS) is 10.7. The molecule has 0 amide bonds. The first-order valence-electron chi connectivity index (χ1n) is 6.76. The topological polar surface area (TPSA) is 99.6 Å². The van der Waals surface area contributed by atoms with Crippen LogP contribution in [0.4, 0.5) is 5.82 Å². The van der Waals surface area contributed by atoms with E-state index in [0.717, 1.165) is 5.56 Å². The summed E-state index contributed by atoms with van der Waals surface area (Å²) in [6.07, 6.45) is 2.95. The summed E-state index contributed by atoms with van der Waals surface area (Å²) in [4.78, 5) is 30.4. The molecule has 0 radical (unpaired) electrons. The van der Waals surface area contributed by atoms with E-state index in [4.69, 9.17) is 4.74 Å². The minimum absolute atomic E-state index is 0.0317. The minimum Gasteiger partial charge on any atom is -0.479 e. The van der Waals surface area contributed by atoms with Crippen LogP contribution in [0.5, 0.6) is 5.75 Å². The molecular weight excluding hydrogens is 300 g/mol. The number of hydrogen-bond donors (Lipinski definition) is 0. The maximum atomic E-state index is 12.1. The predicted molar refractivity (Wildman–Crippen MR) is 81.4 cm³/mol. The Morgan fingerprint density at radius 1 is 1.35 bits per heavy atom. The zero-order chi connectivity index (χ0) is 16.4. The Bertz CT molecular complexity index is 952. The Kier molecular flexibility index (Phi) is 3.71. The summed E-state index contributed by atoms with van der Waals surface area (Å²) in [5.41, 5.74) is 1.53. The highest BCUT2D eigenvalue weighted by molar-refractivity contribution is 5.46. The van der Waals surface area contributed by atoms with E-state index in [1.165, 1.54) is 28.8 Å². The first-order chi connectivity index (χ1) is 11.1. The molecule has 116 valence electrons. The Morgan fingerprint density at radius 3 is 2.96 bits per heavy atom. The molecule has 0 N–H and O–H groups in total. The standard InChI is InChI=1S/C15H12N4O4/c1-10-4-3-7-18-13(20)8-11(17-14(10)18)9-23-12-5-2-6-16-15(12)19(21)22/h2-8H,9H2,1H3. The van der Waals surface area contributed by atoms with E-state index in [2.05, 4.69) is 9.97 Å². The second-order valence-corrected chi connectivity index (χ2v) is 4.84. The van der Waals surface area contributed by atoms with Crippen molar-refractivity contribution in [1.82, 2.24) is 14.4 Å². The maximum Gasteiger partial charge on any atom is 0.406 e. The third-order valence-electron chi connectivity index (χ3n) is 3.24. The molecule has 0 fully saturated rings. The number of ether oxygens (including phenoxy) is 1. The van der Waals surface area contributed by atoms with Gasteiger partial charge < -0.3 is 14.9 Å². The average Bonchev–Trinajstić information content (AvgIpc) is 2.54. The van der Waals surface area contributed by atoms with Crippen molar-refractivity contribution in [3.05, 3.63) is 74.5 Å². The van der Waals surface area contributed by atoms with Crippen molar-refractivity contribution in [3.8, 4) is 5.75 Å². The Labute approximate surface area is 130 Å². The van der Waals surface area contributed by atoms with Gasteiger partial charge >= 0.3 is 5.82 Å². The smallest absolute Gasteiger partial charge is 0.406 e. The molecule has 0 spiro atoms. The number of pyridine rings is 2. The lowest BCUT2D eigenvalue weighted by Gasteiger charge is -2.08. The summed E-state index contributed by atoms with van der Waals surface area (Å²) in [5.74, 6) is -0.342. The number of hydrogen-bond acceptors (Lipinski definition) is 6. The summed E-state index contributed by atoms with van der Waals surface area (Å²) in [6, 6.07) is 7.94. The lowest BCUT2D eigenvalue weighted by atomic mass is 10.3. The average molecular weight is 312 g/mol. The molecule has 0 aliphatic rings. The number of fused-ring (bicyclic) bond motifs is 1. The van der Waals surface area contributed by atoms with E-state index in [1.807, 2.05) is 13.0 Å². The van der Waals surface area contributed by atoms with Gasteiger partial charge in [-0.3, -0.25) is 9.20 Å². The molecular formula is C15H12N4O4. The fraction of sp³-hybridized carbons (Fsp3) is 0.133. The molecule has 0 aliphatic carbocycles. The molecule has 0 saturated heterocycles. The van der Waals surface area contributed by atoms with Gasteiger partial charge in [-0.25, -0.2) is 4.98 Å². The van der Waals surface area contributed by atoms with Crippen LogP contribution in [0.2, 0.25) is 0 Å². The van der Waals surface area contributed by atoms with Gasteiger partial charge in [0.2, 0.25) is 5.75 Å². The summed E-state index contributed by atoms with van der Waals surface area (Å²) in [7, 11) is 0. The van der Waals surface area contributed by atoms with Gasteiger partial charge in [-0.05, 0) is 40.6 Å². The van der Waals surface area contributed by atoms with E-state index in [-0.39, 0.29) is 23.7 Å². The van der Waals surface area contributed by atoms with Gasteiger partial charge in [0.1, 0.15) is 18.5 Å². The van der Waals surface area contributed by atoms with Crippen molar-refractivity contribution in [2.45, 2.75) is 13.5 Å². The minimum atomic E-state index is -0.623. The van der Waals surface area contributed by atoms with Crippen LogP contribution in [0, 0.1) is 17.0 Å². The summed E-state index contributed by atoms with van der Waals surface area (Å²) in [6.45, 7) is 1.78. The third kappa shape index (κ3) is 2.86. The molecule has 3 aromatic heterocycles. The Balaban J connectivity index is 1.93. The largest absolute Gasteiger partial charge is 0.479 e. The molecule has 0 aliphatic heterocycles.